The molecule has 3 amide bonds. The van der Waals surface area contributed by atoms with Crippen molar-refractivity contribution in [2.24, 2.45) is 17.6 Å². The number of hydrogen-bond acceptors (Lipinski definition) is 2. The zero-order chi connectivity index (χ0) is 13.8. The Labute approximate surface area is 118 Å². The van der Waals surface area contributed by atoms with Crippen molar-refractivity contribution in [2.45, 2.75) is 38.1 Å². The number of halogens is 1. The summed E-state index contributed by atoms with van der Waals surface area (Å²) < 4.78 is 0. The molecular formula is C13H22ClN3O2. The van der Waals surface area contributed by atoms with Gasteiger partial charge in [0.15, 0.2) is 0 Å². The fourth-order valence-corrected chi connectivity index (χ4v) is 3.50. The molecule has 2 aliphatic rings. The highest BCUT2D eigenvalue weighted by molar-refractivity contribution is 6.18. The number of primary amides is 1. The summed E-state index contributed by atoms with van der Waals surface area (Å²) in [7, 11) is 0. The number of alkyl halides is 1. The van der Waals surface area contributed by atoms with Gasteiger partial charge in [-0.1, -0.05) is 12.8 Å². The zero-order valence-corrected chi connectivity index (χ0v) is 11.9. The van der Waals surface area contributed by atoms with Crippen LogP contribution in [0.15, 0.2) is 0 Å². The van der Waals surface area contributed by atoms with Crippen molar-refractivity contribution in [3.8, 4) is 0 Å². The van der Waals surface area contributed by atoms with E-state index in [4.69, 9.17) is 17.3 Å². The van der Waals surface area contributed by atoms with Gasteiger partial charge in [0.2, 0.25) is 5.91 Å². The Balaban J connectivity index is 2.15. The quantitative estimate of drug-likeness (QED) is 0.768. The molecule has 3 atom stereocenters. The lowest BCUT2D eigenvalue weighted by molar-refractivity contribution is -0.123. The molecule has 5 nitrogen and oxygen atoms in total. The first-order chi connectivity index (χ1) is 9.13. The molecule has 108 valence electrons. The summed E-state index contributed by atoms with van der Waals surface area (Å²) in [5.74, 6) is 0.266. The van der Waals surface area contributed by atoms with Crippen LogP contribution in [-0.4, -0.2) is 41.8 Å². The van der Waals surface area contributed by atoms with E-state index >= 15 is 0 Å². The summed E-state index contributed by atoms with van der Waals surface area (Å²) >= 11 is 5.72. The van der Waals surface area contributed by atoms with Crippen LogP contribution in [0.1, 0.15) is 32.1 Å². The van der Waals surface area contributed by atoms with Gasteiger partial charge in [-0.15, -0.1) is 11.6 Å². The third-order valence-corrected chi connectivity index (χ3v) is 4.52. The van der Waals surface area contributed by atoms with Gasteiger partial charge in [-0.05, 0) is 25.2 Å². The highest BCUT2D eigenvalue weighted by Gasteiger charge is 2.38. The van der Waals surface area contributed by atoms with E-state index < -0.39 is 0 Å². The molecule has 1 aliphatic heterocycles. The molecule has 1 aliphatic carbocycles. The fourth-order valence-electron chi connectivity index (χ4n) is 3.29. The Morgan fingerprint density at radius 3 is 2.79 bits per heavy atom. The van der Waals surface area contributed by atoms with E-state index in [0.717, 1.165) is 32.1 Å². The zero-order valence-electron chi connectivity index (χ0n) is 11.1. The van der Waals surface area contributed by atoms with Crippen molar-refractivity contribution in [1.82, 2.24) is 10.2 Å². The van der Waals surface area contributed by atoms with Crippen LogP contribution < -0.4 is 11.1 Å². The smallest absolute Gasteiger partial charge is 0.317 e. The number of fused-ring (bicyclic) bond motifs is 1. The topological polar surface area (TPSA) is 75.4 Å². The molecule has 1 heterocycles. The molecule has 2 rings (SSSR count). The van der Waals surface area contributed by atoms with Crippen LogP contribution in [0.5, 0.6) is 0 Å². The monoisotopic (exact) mass is 287 g/mol. The van der Waals surface area contributed by atoms with E-state index in [1.807, 2.05) is 0 Å². The number of nitrogens with two attached hydrogens (primary N) is 1. The molecule has 0 aromatic heterocycles. The van der Waals surface area contributed by atoms with Crippen LogP contribution >= 0.6 is 11.6 Å². The van der Waals surface area contributed by atoms with Gasteiger partial charge in [-0.3, -0.25) is 4.79 Å². The molecule has 6 heteroatoms. The SMILES string of the molecule is NC(=O)[C@@H]1CCCCC2CCN(CCCl)C(=O)NC21. The summed E-state index contributed by atoms with van der Waals surface area (Å²) in [5, 5.41) is 3.01. The van der Waals surface area contributed by atoms with Gasteiger partial charge < -0.3 is 16.0 Å². The number of carbonyl (C=O) groups excluding carboxylic acids is 2. The van der Waals surface area contributed by atoms with Crippen molar-refractivity contribution in [2.75, 3.05) is 19.0 Å². The van der Waals surface area contributed by atoms with E-state index in [1.165, 1.54) is 0 Å². The van der Waals surface area contributed by atoms with Crippen LogP contribution in [0.2, 0.25) is 0 Å². The van der Waals surface area contributed by atoms with Gasteiger partial charge in [0.05, 0.1) is 5.92 Å². The Morgan fingerprint density at radius 1 is 1.37 bits per heavy atom. The van der Waals surface area contributed by atoms with Gasteiger partial charge >= 0.3 is 6.03 Å². The van der Waals surface area contributed by atoms with Gasteiger partial charge in [0.1, 0.15) is 0 Å². The Morgan fingerprint density at radius 2 is 2.11 bits per heavy atom. The van der Waals surface area contributed by atoms with Gasteiger partial charge in [-0.2, -0.15) is 0 Å². The van der Waals surface area contributed by atoms with Crippen molar-refractivity contribution in [3.63, 3.8) is 0 Å². The van der Waals surface area contributed by atoms with Crippen molar-refractivity contribution < 1.29 is 9.59 Å². The van der Waals surface area contributed by atoms with Crippen molar-refractivity contribution >= 4 is 23.5 Å². The van der Waals surface area contributed by atoms with E-state index in [-0.39, 0.29) is 23.9 Å². The summed E-state index contributed by atoms with van der Waals surface area (Å²) in [5.41, 5.74) is 5.51. The second kappa shape index (κ2) is 6.46. The van der Waals surface area contributed by atoms with Crippen molar-refractivity contribution in [1.29, 1.82) is 0 Å². The minimum absolute atomic E-state index is 0.104. The standard InChI is InChI=1S/C13H22ClN3O2/c14-6-8-17-7-5-9-3-1-2-4-10(12(15)18)11(9)16-13(17)19/h9-11H,1-8H2,(H2,15,18)(H,16,19)/t9?,10-,11?/m1/s1. The number of rotatable bonds is 3. The minimum Gasteiger partial charge on any atom is -0.369 e. The van der Waals surface area contributed by atoms with E-state index in [2.05, 4.69) is 5.32 Å². The molecule has 19 heavy (non-hydrogen) atoms. The summed E-state index contributed by atoms with van der Waals surface area (Å²) in [6.07, 6.45) is 4.89. The molecule has 1 saturated heterocycles. The molecule has 2 fully saturated rings. The number of nitrogens with zero attached hydrogens (tertiary/aromatic N) is 1. The minimum atomic E-state index is -0.289. The Kier molecular flexibility index (Phi) is 4.91. The molecule has 0 spiro atoms. The highest BCUT2D eigenvalue weighted by Crippen LogP contribution is 2.32. The van der Waals surface area contributed by atoms with Crippen LogP contribution in [0.4, 0.5) is 4.79 Å². The predicted octanol–water partition coefficient (Wildman–Crippen LogP) is 1.30. The molecule has 0 radical (unpaired) electrons. The number of amides is 3. The highest BCUT2D eigenvalue weighted by atomic mass is 35.5. The molecule has 0 aromatic carbocycles. The second-order valence-electron chi connectivity index (χ2n) is 5.49. The maximum Gasteiger partial charge on any atom is 0.317 e. The number of nitrogens with one attached hydrogen (secondary N) is 1. The maximum absolute atomic E-state index is 12.1. The number of carbonyl (C=O) groups is 2. The Bertz CT molecular complexity index is 351. The van der Waals surface area contributed by atoms with Crippen LogP contribution in [0.25, 0.3) is 0 Å². The fraction of sp³-hybridized carbons (Fsp3) is 0.846. The van der Waals surface area contributed by atoms with Gasteiger partial charge in [0.25, 0.3) is 0 Å². The summed E-state index contributed by atoms with van der Waals surface area (Å²) in [4.78, 5) is 25.5. The van der Waals surface area contributed by atoms with Crippen LogP contribution in [0.3, 0.4) is 0 Å². The first-order valence-corrected chi connectivity index (χ1v) is 7.57. The molecule has 0 bridgehead atoms. The van der Waals surface area contributed by atoms with E-state index in [9.17, 15) is 9.59 Å². The largest absolute Gasteiger partial charge is 0.369 e. The molecule has 3 N–H and O–H groups in total. The van der Waals surface area contributed by atoms with Crippen LogP contribution in [0, 0.1) is 11.8 Å². The van der Waals surface area contributed by atoms with Gasteiger partial charge in [0, 0.05) is 25.0 Å². The number of hydrogen-bond donors (Lipinski definition) is 2. The maximum atomic E-state index is 12.1. The third-order valence-electron chi connectivity index (χ3n) is 4.35. The van der Waals surface area contributed by atoms with E-state index in [0.29, 0.717) is 24.9 Å². The average Bonchev–Trinajstić information content (AvgIpc) is 2.64. The lowest BCUT2D eigenvalue weighted by Gasteiger charge is -2.28. The first kappa shape index (κ1) is 14.4. The Hall–Kier alpha value is -0.970. The summed E-state index contributed by atoms with van der Waals surface area (Å²) in [6, 6.07) is -0.214. The first-order valence-electron chi connectivity index (χ1n) is 7.04. The lowest BCUT2D eigenvalue weighted by atomic mass is 9.85. The number of urea groups is 1. The molecular weight excluding hydrogens is 266 g/mol. The third kappa shape index (κ3) is 3.32. The second-order valence-corrected chi connectivity index (χ2v) is 5.87. The normalized spacial score (nSPS) is 31.9. The molecule has 2 unspecified atom stereocenters. The van der Waals surface area contributed by atoms with Crippen LogP contribution in [-0.2, 0) is 4.79 Å². The molecule has 1 saturated carbocycles. The van der Waals surface area contributed by atoms with Crippen molar-refractivity contribution in [3.05, 3.63) is 0 Å². The molecule has 0 aromatic rings. The average molecular weight is 288 g/mol. The lowest BCUT2D eigenvalue weighted by Crippen LogP contribution is -2.50. The predicted molar refractivity (Wildman–Crippen MR) is 73.9 cm³/mol. The van der Waals surface area contributed by atoms with E-state index in [1.54, 1.807) is 4.90 Å². The summed E-state index contributed by atoms with van der Waals surface area (Å²) in [6.45, 7) is 1.26. The van der Waals surface area contributed by atoms with Gasteiger partial charge in [-0.25, -0.2) is 4.79 Å².